The fourth-order valence-electron chi connectivity index (χ4n) is 1.75. The predicted octanol–water partition coefficient (Wildman–Crippen LogP) is 4.18. The van der Waals surface area contributed by atoms with Crippen LogP contribution in [-0.4, -0.2) is 0 Å². The van der Waals surface area contributed by atoms with Crippen LogP contribution in [0.15, 0.2) is 73.3 Å². The standard InChI is InChI=1S/C18H16/c1-3-18(2,17-12-8-5-9-13-17)15-14-16-10-6-4-7-11-16/h3-13H,1H2,2H3/t18-/m1/s1. The Balaban J connectivity index is 2.36. The van der Waals surface area contributed by atoms with E-state index in [1.54, 1.807) is 0 Å². The lowest BCUT2D eigenvalue weighted by atomic mass is 9.83. The predicted molar refractivity (Wildman–Crippen MR) is 77.3 cm³/mol. The van der Waals surface area contributed by atoms with Crippen LogP contribution >= 0.6 is 0 Å². The lowest BCUT2D eigenvalue weighted by Crippen LogP contribution is -2.15. The van der Waals surface area contributed by atoms with Crippen LogP contribution in [0.4, 0.5) is 0 Å². The van der Waals surface area contributed by atoms with Gasteiger partial charge in [0.15, 0.2) is 0 Å². The van der Waals surface area contributed by atoms with Gasteiger partial charge in [-0.15, -0.1) is 6.58 Å². The van der Waals surface area contributed by atoms with Gasteiger partial charge in [-0.3, -0.25) is 0 Å². The van der Waals surface area contributed by atoms with Gasteiger partial charge in [-0.25, -0.2) is 0 Å². The molecule has 0 aromatic heterocycles. The third-order valence-corrected chi connectivity index (χ3v) is 3.02. The molecule has 0 aliphatic heterocycles. The maximum absolute atomic E-state index is 3.92. The van der Waals surface area contributed by atoms with Gasteiger partial charge in [0.05, 0.1) is 5.41 Å². The summed E-state index contributed by atoms with van der Waals surface area (Å²) in [4.78, 5) is 0. The SMILES string of the molecule is C=C[C@](C)(C#Cc1ccccc1)c1ccccc1. The van der Waals surface area contributed by atoms with E-state index in [4.69, 9.17) is 0 Å². The van der Waals surface area contributed by atoms with Crippen LogP contribution in [0.1, 0.15) is 18.1 Å². The lowest BCUT2D eigenvalue weighted by molar-refractivity contribution is 0.792. The van der Waals surface area contributed by atoms with Crippen LogP contribution < -0.4 is 0 Å². The first-order valence-corrected chi connectivity index (χ1v) is 6.02. The zero-order valence-corrected chi connectivity index (χ0v) is 10.6. The van der Waals surface area contributed by atoms with E-state index in [1.165, 1.54) is 5.56 Å². The molecule has 0 nitrogen and oxygen atoms in total. The van der Waals surface area contributed by atoms with E-state index in [0.29, 0.717) is 0 Å². The summed E-state index contributed by atoms with van der Waals surface area (Å²) >= 11 is 0. The van der Waals surface area contributed by atoms with Gasteiger partial charge < -0.3 is 0 Å². The molecule has 2 rings (SSSR count). The second-order valence-electron chi connectivity index (χ2n) is 4.39. The minimum atomic E-state index is -0.308. The Bertz CT molecular complexity index is 570. The molecule has 0 unspecified atom stereocenters. The third kappa shape index (κ3) is 2.70. The fraction of sp³-hybridized carbons (Fsp3) is 0.111. The summed E-state index contributed by atoms with van der Waals surface area (Å²) in [5.74, 6) is 6.52. The molecular weight excluding hydrogens is 216 g/mol. The van der Waals surface area contributed by atoms with Crippen molar-refractivity contribution in [2.75, 3.05) is 0 Å². The molecule has 2 aromatic rings. The molecule has 0 aliphatic rings. The Kier molecular flexibility index (Phi) is 3.65. The Hall–Kier alpha value is -2.26. The van der Waals surface area contributed by atoms with Crippen LogP contribution in [0, 0.1) is 11.8 Å². The van der Waals surface area contributed by atoms with Crippen molar-refractivity contribution in [3.8, 4) is 11.8 Å². The average Bonchev–Trinajstić information content (AvgIpc) is 2.47. The Labute approximate surface area is 109 Å². The maximum Gasteiger partial charge on any atom is 0.0715 e. The van der Waals surface area contributed by atoms with Gasteiger partial charge in [-0.2, -0.15) is 0 Å². The highest BCUT2D eigenvalue weighted by atomic mass is 14.2. The van der Waals surface area contributed by atoms with Crippen LogP contribution in [0.25, 0.3) is 0 Å². The zero-order valence-electron chi connectivity index (χ0n) is 10.6. The molecule has 0 amide bonds. The third-order valence-electron chi connectivity index (χ3n) is 3.02. The molecule has 2 aromatic carbocycles. The van der Waals surface area contributed by atoms with Crippen LogP contribution in [0.3, 0.4) is 0 Å². The van der Waals surface area contributed by atoms with Gasteiger partial charge >= 0.3 is 0 Å². The van der Waals surface area contributed by atoms with Crippen molar-refractivity contribution in [3.63, 3.8) is 0 Å². The number of hydrogen-bond acceptors (Lipinski definition) is 0. The first-order valence-electron chi connectivity index (χ1n) is 6.02. The van der Waals surface area contributed by atoms with Crippen molar-refractivity contribution in [3.05, 3.63) is 84.4 Å². The van der Waals surface area contributed by atoms with Crippen molar-refractivity contribution in [2.24, 2.45) is 0 Å². The molecule has 18 heavy (non-hydrogen) atoms. The number of rotatable bonds is 2. The van der Waals surface area contributed by atoms with Gasteiger partial charge in [0.2, 0.25) is 0 Å². The summed E-state index contributed by atoms with van der Waals surface area (Å²) in [5, 5.41) is 0. The molecule has 0 bridgehead atoms. The van der Waals surface area contributed by atoms with E-state index in [0.717, 1.165) is 5.56 Å². The topological polar surface area (TPSA) is 0 Å². The second kappa shape index (κ2) is 5.38. The summed E-state index contributed by atoms with van der Waals surface area (Å²) in [6.07, 6.45) is 1.90. The molecule has 0 saturated heterocycles. The largest absolute Gasteiger partial charge is 0.101 e. The van der Waals surface area contributed by atoms with Crippen molar-refractivity contribution in [2.45, 2.75) is 12.3 Å². The van der Waals surface area contributed by atoms with Gasteiger partial charge in [0, 0.05) is 5.56 Å². The summed E-state index contributed by atoms with van der Waals surface area (Å²) in [5.41, 5.74) is 1.89. The van der Waals surface area contributed by atoms with E-state index in [1.807, 2.05) is 54.6 Å². The number of benzene rings is 2. The van der Waals surface area contributed by atoms with Crippen molar-refractivity contribution in [1.82, 2.24) is 0 Å². The summed E-state index contributed by atoms with van der Waals surface area (Å²) < 4.78 is 0. The molecule has 0 heteroatoms. The highest BCUT2D eigenvalue weighted by molar-refractivity contribution is 5.44. The fourth-order valence-corrected chi connectivity index (χ4v) is 1.75. The van der Waals surface area contributed by atoms with Gasteiger partial charge in [-0.1, -0.05) is 66.4 Å². The van der Waals surface area contributed by atoms with Crippen molar-refractivity contribution < 1.29 is 0 Å². The molecule has 1 atom stereocenters. The first kappa shape index (κ1) is 12.2. The number of hydrogen-bond donors (Lipinski definition) is 0. The van der Waals surface area contributed by atoms with Crippen LogP contribution in [0.2, 0.25) is 0 Å². The first-order chi connectivity index (χ1) is 8.74. The molecule has 0 heterocycles. The molecule has 0 fully saturated rings. The van der Waals surface area contributed by atoms with E-state index in [9.17, 15) is 0 Å². The highest BCUT2D eigenvalue weighted by Gasteiger charge is 2.19. The summed E-state index contributed by atoms with van der Waals surface area (Å²) in [7, 11) is 0. The summed E-state index contributed by atoms with van der Waals surface area (Å²) in [6, 6.07) is 20.3. The monoisotopic (exact) mass is 232 g/mol. The quantitative estimate of drug-likeness (QED) is 0.538. The second-order valence-corrected chi connectivity index (χ2v) is 4.39. The molecule has 0 spiro atoms. The minimum Gasteiger partial charge on any atom is -0.101 e. The van der Waals surface area contributed by atoms with Gasteiger partial charge in [0.25, 0.3) is 0 Å². The Morgan fingerprint density at radius 2 is 1.50 bits per heavy atom. The highest BCUT2D eigenvalue weighted by Crippen LogP contribution is 2.23. The Morgan fingerprint density at radius 3 is 2.06 bits per heavy atom. The normalized spacial score (nSPS) is 12.9. The van der Waals surface area contributed by atoms with Crippen LogP contribution in [-0.2, 0) is 5.41 Å². The van der Waals surface area contributed by atoms with Gasteiger partial charge in [0.1, 0.15) is 0 Å². The number of allylic oxidation sites excluding steroid dienone is 1. The molecule has 0 aliphatic carbocycles. The molecular formula is C18H16. The maximum atomic E-state index is 3.92. The van der Waals surface area contributed by atoms with Crippen molar-refractivity contribution in [1.29, 1.82) is 0 Å². The van der Waals surface area contributed by atoms with E-state index in [2.05, 4.69) is 37.5 Å². The minimum absolute atomic E-state index is 0.308. The van der Waals surface area contributed by atoms with E-state index < -0.39 is 0 Å². The molecule has 0 N–H and O–H groups in total. The Morgan fingerprint density at radius 1 is 0.944 bits per heavy atom. The lowest BCUT2D eigenvalue weighted by Gasteiger charge is -2.19. The summed E-state index contributed by atoms with van der Waals surface area (Å²) in [6.45, 7) is 6.01. The smallest absolute Gasteiger partial charge is 0.0715 e. The van der Waals surface area contributed by atoms with E-state index in [-0.39, 0.29) is 5.41 Å². The van der Waals surface area contributed by atoms with Crippen molar-refractivity contribution >= 4 is 0 Å². The molecule has 0 saturated carbocycles. The molecule has 0 radical (unpaired) electrons. The zero-order chi connectivity index (χ0) is 12.8. The average molecular weight is 232 g/mol. The molecule has 88 valence electrons. The van der Waals surface area contributed by atoms with Crippen LogP contribution in [0.5, 0.6) is 0 Å². The van der Waals surface area contributed by atoms with E-state index >= 15 is 0 Å². The van der Waals surface area contributed by atoms with Gasteiger partial charge in [-0.05, 0) is 24.6 Å².